The molecule has 8 heteroatoms. The molecule has 4 aromatic carbocycles. The molecule has 1 heterocycles. The van der Waals surface area contributed by atoms with Gasteiger partial charge in [-0.3, -0.25) is 14.5 Å². The van der Waals surface area contributed by atoms with Gasteiger partial charge < -0.3 is 19.5 Å². The van der Waals surface area contributed by atoms with E-state index >= 15 is 0 Å². The number of halogens is 1. The number of amides is 2. The van der Waals surface area contributed by atoms with Crippen LogP contribution in [0.4, 0.5) is 11.4 Å². The van der Waals surface area contributed by atoms with E-state index in [1.165, 1.54) is 7.11 Å². The van der Waals surface area contributed by atoms with Gasteiger partial charge in [-0.05, 0) is 71.8 Å². The third-order valence-electron chi connectivity index (χ3n) is 6.85. The second-order valence-electron chi connectivity index (χ2n) is 8.99. The van der Waals surface area contributed by atoms with Crippen LogP contribution >= 0.6 is 11.6 Å². The third-order valence-corrected chi connectivity index (χ3v) is 7.14. The van der Waals surface area contributed by atoms with Crippen LogP contribution in [0.25, 0.3) is 0 Å². The van der Waals surface area contributed by atoms with Crippen molar-refractivity contribution >= 4 is 34.8 Å². The lowest BCUT2D eigenvalue weighted by molar-refractivity contribution is -0.118. The van der Waals surface area contributed by atoms with Gasteiger partial charge >= 0.3 is 0 Å². The molecule has 2 amide bonds. The molecule has 0 aliphatic carbocycles. The van der Waals surface area contributed by atoms with Crippen molar-refractivity contribution in [1.29, 1.82) is 0 Å². The Bertz CT molecular complexity index is 1500. The molecule has 0 aromatic heterocycles. The minimum absolute atomic E-state index is 0.201. The average Bonchev–Trinajstić information content (AvgIpc) is 2.97. The fraction of sp³-hybridized carbons (Fsp3) is 0.161. The predicted molar refractivity (Wildman–Crippen MR) is 151 cm³/mol. The van der Waals surface area contributed by atoms with Crippen molar-refractivity contribution in [1.82, 2.24) is 0 Å². The highest BCUT2D eigenvalue weighted by Crippen LogP contribution is 2.46. The molecule has 1 aliphatic heterocycles. The van der Waals surface area contributed by atoms with E-state index in [4.69, 9.17) is 25.8 Å². The number of nitrogens with one attached hydrogen (secondary N) is 1. The van der Waals surface area contributed by atoms with Gasteiger partial charge in [-0.15, -0.1) is 0 Å². The summed E-state index contributed by atoms with van der Waals surface area (Å²) in [6.45, 7) is 0. The zero-order valence-corrected chi connectivity index (χ0v) is 22.4. The van der Waals surface area contributed by atoms with Crippen molar-refractivity contribution in [2.24, 2.45) is 0 Å². The highest BCUT2D eigenvalue weighted by molar-refractivity contribution is 6.32. The summed E-state index contributed by atoms with van der Waals surface area (Å²) in [5.74, 6) is 0.616. The molecule has 0 radical (unpaired) electrons. The zero-order valence-electron chi connectivity index (χ0n) is 21.7. The summed E-state index contributed by atoms with van der Waals surface area (Å²) >= 11 is 6.33. The maximum atomic E-state index is 14.1. The number of anilines is 2. The molecule has 4 aromatic rings. The van der Waals surface area contributed by atoms with Gasteiger partial charge in [0, 0.05) is 16.9 Å². The van der Waals surface area contributed by atoms with E-state index in [1.807, 2.05) is 48.5 Å². The second kappa shape index (κ2) is 11.1. The molecule has 0 fully saturated rings. The number of hydrogen-bond acceptors (Lipinski definition) is 5. The first-order valence-corrected chi connectivity index (χ1v) is 12.7. The van der Waals surface area contributed by atoms with E-state index in [2.05, 4.69) is 5.32 Å². The quantitative estimate of drug-likeness (QED) is 0.289. The van der Waals surface area contributed by atoms with Gasteiger partial charge in [0.25, 0.3) is 5.91 Å². The SMILES string of the molecule is COc1ccc([C@@H]2[C@H](C(=O)Nc3ccc(OC)c(Cl)c3)c3ccccc3C(=O)N2c2ccc(OC)cc2)cc1. The van der Waals surface area contributed by atoms with E-state index in [0.717, 1.165) is 5.56 Å². The van der Waals surface area contributed by atoms with Crippen LogP contribution in [0, 0.1) is 0 Å². The number of rotatable bonds is 7. The molecular formula is C31H27ClN2O5. The van der Waals surface area contributed by atoms with Gasteiger partial charge in [0.15, 0.2) is 0 Å². The Hall–Kier alpha value is -4.49. The number of ether oxygens (including phenoxy) is 3. The number of carbonyl (C=O) groups excluding carboxylic acids is 2. The summed E-state index contributed by atoms with van der Waals surface area (Å²) < 4.78 is 15.9. The second-order valence-corrected chi connectivity index (χ2v) is 9.40. The Labute approximate surface area is 231 Å². The lowest BCUT2D eigenvalue weighted by Gasteiger charge is -2.42. The van der Waals surface area contributed by atoms with Gasteiger partial charge in [-0.2, -0.15) is 0 Å². The summed E-state index contributed by atoms with van der Waals surface area (Å²) in [4.78, 5) is 29.8. The summed E-state index contributed by atoms with van der Waals surface area (Å²) in [5.41, 5.74) is 3.05. The van der Waals surface area contributed by atoms with Crippen LogP contribution in [-0.2, 0) is 4.79 Å². The maximum absolute atomic E-state index is 14.1. The van der Waals surface area contributed by atoms with Crippen molar-refractivity contribution in [2.45, 2.75) is 12.0 Å². The van der Waals surface area contributed by atoms with Crippen LogP contribution in [0.5, 0.6) is 17.2 Å². The van der Waals surface area contributed by atoms with Gasteiger partial charge in [0.1, 0.15) is 17.2 Å². The lowest BCUT2D eigenvalue weighted by Crippen LogP contribution is -2.46. The largest absolute Gasteiger partial charge is 0.497 e. The van der Waals surface area contributed by atoms with Crippen LogP contribution in [0.1, 0.15) is 33.4 Å². The summed E-state index contributed by atoms with van der Waals surface area (Å²) in [7, 11) is 4.71. The van der Waals surface area contributed by atoms with Crippen LogP contribution in [0.3, 0.4) is 0 Å². The van der Waals surface area contributed by atoms with Crippen molar-refractivity contribution in [2.75, 3.05) is 31.5 Å². The number of methoxy groups -OCH3 is 3. The van der Waals surface area contributed by atoms with E-state index in [-0.39, 0.29) is 11.8 Å². The minimum atomic E-state index is -0.740. The van der Waals surface area contributed by atoms with E-state index in [1.54, 1.807) is 61.6 Å². The summed E-state index contributed by atoms with van der Waals surface area (Å²) in [5, 5.41) is 3.39. The maximum Gasteiger partial charge on any atom is 0.259 e. The van der Waals surface area contributed by atoms with Crippen LogP contribution in [0.15, 0.2) is 91.0 Å². The van der Waals surface area contributed by atoms with Gasteiger partial charge in [-0.25, -0.2) is 0 Å². The third kappa shape index (κ3) is 5.01. The van der Waals surface area contributed by atoms with Crippen molar-refractivity contribution < 1.29 is 23.8 Å². The highest BCUT2D eigenvalue weighted by Gasteiger charge is 2.45. The Morgan fingerprint density at radius 2 is 1.46 bits per heavy atom. The number of hydrogen-bond donors (Lipinski definition) is 1. The summed E-state index contributed by atoms with van der Waals surface area (Å²) in [6, 6.07) is 26.3. The number of nitrogens with zero attached hydrogens (tertiary/aromatic N) is 1. The molecule has 0 saturated carbocycles. The van der Waals surface area contributed by atoms with Crippen molar-refractivity contribution in [3.05, 3.63) is 113 Å². The monoisotopic (exact) mass is 542 g/mol. The molecular weight excluding hydrogens is 516 g/mol. The first-order chi connectivity index (χ1) is 18.9. The molecule has 0 saturated heterocycles. The first kappa shape index (κ1) is 26.1. The van der Waals surface area contributed by atoms with Crippen LogP contribution < -0.4 is 24.4 Å². The van der Waals surface area contributed by atoms with Crippen molar-refractivity contribution in [3.63, 3.8) is 0 Å². The molecule has 1 N–H and O–H groups in total. The number of fused-ring (bicyclic) bond motifs is 1. The molecule has 0 bridgehead atoms. The first-order valence-electron chi connectivity index (χ1n) is 12.3. The Morgan fingerprint density at radius 1 is 0.821 bits per heavy atom. The normalized spacial score (nSPS) is 16.3. The molecule has 198 valence electrons. The molecule has 5 rings (SSSR count). The van der Waals surface area contributed by atoms with Gasteiger partial charge in [0.05, 0.1) is 38.3 Å². The molecule has 0 spiro atoms. The van der Waals surface area contributed by atoms with E-state index < -0.39 is 12.0 Å². The highest BCUT2D eigenvalue weighted by atomic mass is 35.5. The predicted octanol–water partition coefficient (Wildman–Crippen LogP) is 6.49. The molecule has 1 aliphatic rings. The lowest BCUT2D eigenvalue weighted by atomic mass is 9.78. The number of carbonyl (C=O) groups is 2. The van der Waals surface area contributed by atoms with Gasteiger partial charge in [-0.1, -0.05) is 41.9 Å². The fourth-order valence-corrected chi connectivity index (χ4v) is 5.21. The smallest absolute Gasteiger partial charge is 0.259 e. The van der Waals surface area contributed by atoms with E-state index in [0.29, 0.717) is 44.8 Å². The molecule has 0 unspecified atom stereocenters. The minimum Gasteiger partial charge on any atom is -0.497 e. The topological polar surface area (TPSA) is 77.1 Å². The molecule has 2 atom stereocenters. The average molecular weight is 543 g/mol. The molecule has 7 nitrogen and oxygen atoms in total. The van der Waals surface area contributed by atoms with Gasteiger partial charge in [0.2, 0.25) is 5.91 Å². The standard InChI is InChI=1S/C31H27ClN2O5/c1-37-22-13-8-19(9-14-22)29-28(30(35)33-20-10-17-27(39-3)26(32)18-20)24-6-4-5-7-25(24)31(36)34(29)21-11-15-23(38-2)16-12-21/h4-18,28-29H,1-3H3,(H,33,35)/t28-,29-/m1/s1. The van der Waals surface area contributed by atoms with Crippen LogP contribution in [-0.4, -0.2) is 33.1 Å². The number of benzene rings is 4. The van der Waals surface area contributed by atoms with E-state index in [9.17, 15) is 9.59 Å². The molecule has 39 heavy (non-hydrogen) atoms. The Morgan fingerprint density at radius 3 is 2.08 bits per heavy atom. The Kier molecular flexibility index (Phi) is 7.43. The van der Waals surface area contributed by atoms with Crippen LogP contribution in [0.2, 0.25) is 5.02 Å². The fourth-order valence-electron chi connectivity index (χ4n) is 4.95. The van der Waals surface area contributed by atoms with Crippen molar-refractivity contribution in [3.8, 4) is 17.2 Å². The zero-order chi connectivity index (χ0) is 27.5. The summed E-state index contributed by atoms with van der Waals surface area (Å²) in [6.07, 6.45) is 0. The Balaban J connectivity index is 1.66.